The van der Waals surface area contributed by atoms with Crippen LogP contribution in [0, 0.1) is 6.92 Å². The summed E-state index contributed by atoms with van der Waals surface area (Å²) in [5, 5.41) is 1.22. The van der Waals surface area contributed by atoms with Crippen molar-refractivity contribution in [2.75, 3.05) is 0 Å². The Kier molecular flexibility index (Phi) is 3.29. The first kappa shape index (κ1) is 13.8. The van der Waals surface area contributed by atoms with Crippen LogP contribution in [-0.2, 0) is 5.41 Å². The Labute approximate surface area is 126 Å². The van der Waals surface area contributed by atoms with Gasteiger partial charge in [0.05, 0.1) is 5.52 Å². The van der Waals surface area contributed by atoms with Crippen molar-refractivity contribution in [3.8, 4) is 11.1 Å². The molecule has 0 atom stereocenters. The third-order valence-corrected chi connectivity index (χ3v) is 3.96. The van der Waals surface area contributed by atoms with Gasteiger partial charge in [-0.25, -0.2) is 0 Å². The average molecular weight is 275 g/mol. The van der Waals surface area contributed by atoms with E-state index in [2.05, 4.69) is 81.2 Å². The molecule has 0 radical (unpaired) electrons. The standard InChI is InChI=1S/C20H21N/c1-14-5-10-19-18(13-14)17(11-12-21-19)15-6-8-16(9-7-15)20(2,3)4/h5-13H,1-4H3. The third-order valence-electron chi connectivity index (χ3n) is 3.96. The van der Waals surface area contributed by atoms with Crippen LogP contribution in [-0.4, -0.2) is 4.98 Å². The zero-order valence-corrected chi connectivity index (χ0v) is 13.1. The van der Waals surface area contributed by atoms with Crippen LogP contribution in [0.5, 0.6) is 0 Å². The van der Waals surface area contributed by atoms with Crippen LogP contribution in [0.2, 0.25) is 0 Å². The first-order valence-corrected chi connectivity index (χ1v) is 7.41. The van der Waals surface area contributed by atoms with Gasteiger partial charge >= 0.3 is 0 Å². The number of nitrogens with zero attached hydrogens (tertiary/aromatic N) is 1. The molecule has 0 aliphatic rings. The van der Waals surface area contributed by atoms with Crippen molar-refractivity contribution >= 4 is 10.9 Å². The quantitative estimate of drug-likeness (QED) is 0.571. The largest absolute Gasteiger partial charge is 0.256 e. The van der Waals surface area contributed by atoms with E-state index in [9.17, 15) is 0 Å². The van der Waals surface area contributed by atoms with Gasteiger partial charge < -0.3 is 0 Å². The van der Waals surface area contributed by atoms with Gasteiger partial charge in [-0.1, -0.05) is 56.7 Å². The number of aromatic nitrogens is 1. The number of aryl methyl sites for hydroxylation is 1. The zero-order chi connectivity index (χ0) is 15.0. The van der Waals surface area contributed by atoms with Gasteiger partial charge in [-0.15, -0.1) is 0 Å². The van der Waals surface area contributed by atoms with Crippen molar-refractivity contribution in [2.24, 2.45) is 0 Å². The van der Waals surface area contributed by atoms with Crippen LogP contribution in [0.4, 0.5) is 0 Å². The molecule has 0 saturated carbocycles. The van der Waals surface area contributed by atoms with Crippen LogP contribution in [0.25, 0.3) is 22.0 Å². The van der Waals surface area contributed by atoms with Crippen LogP contribution in [0.15, 0.2) is 54.7 Å². The monoisotopic (exact) mass is 275 g/mol. The molecular weight excluding hydrogens is 254 g/mol. The van der Waals surface area contributed by atoms with E-state index >= 15 is 0 Å². The van der Waals surface area contributed by atoms with Gasteiger partial charge in [-0.3, -0.25) is 4.98 Å². The Morgan fingerprint density at radius 3 is 2.24 bits per heavy atom. The fraction of sp³-hybridized carbons (Fsp3) is 0.250. The maximum Gasteiger partial charge on any atom is 0.0708 e. The predicted molar refractivity (Wildman–Crippen MR) is 90.6 cm³/mol. The Balaban J connectivity index is 2.14. The number of benzene rings is 2. The maximum absolute atomic E-state index is 4.47. The second-order valence-electron chi connectivity index (χ2n) is 6.71. The summed E-state index contributed by atoms with van der Waals surface area (Å²) in [6.45, 7) is 8.85. The van der Waals surface area contributed by atoms with E-state index in [-0.39, 0.29) is 5.41 Å². The lowest BCUT2D eigenvalue weighted by Gasteiger charge is -2.19. The highest BCUT2D eigenvalue weighted by atomic mass is 14.6. The summed E-state index contributed by atoms with van der Waals surface area (Å²) in [4.78, 5) is 4.47. The molecule has 3 rings (SSSR count). The average Bonchev–Trinajstić information content (AvgIpc) is 2.46. The van der Waals surface area contributed by atoms with Crippen molar-refractivity contribution in [1.82, 2.24) is 4.98 Å². The van der Waals surface area contributed by atoms with Gasteiger partial charge in [0.25, 0.3) is 0 Å². The predicted octanol–water partition coefficient (Wildman–Crippen LogP) is 5.51. The molecule has 106 valence electrons. The fourth-order valence-corrected chi connectivity index (χ4v) is 2.66. The summed E-state index contributed by atoms with van der Waals surface area (Å²) >= 11 is 0. The summed E-state index contributed by atoms with van der Waals surface area (Å²) < 4.78 is 0. The van der Waals surface area contributed by atoms with E-state index < -0.39 is 0 Å². The van der Waals surface area contributed by atoms with Gasteiger partial charge in [-0.05, 0) is 47.2 Å². The van der Waals surface area contributed by atoms with Crippen LogP contribution in [0.3, 0.4) is 0 Å². The van der Waals surface area contributed by atoms with Crippen molar-refractivity contribution in [3.05, 3.63) is 65.9 Å². The molecule has 1 heteroatoms. The summed E-state index contributed by atoms with van der Waals surface area (Å²) in [6, 6.07) is 17.4. The molecule has 0 aliphatic heterocycles. The molecule has 0 bridgehead atoms. The number of hydrogen-bond donors (Lipinski definition) is 0. The normalized spacial score (nSPS) is 11.8. The molecule has 0 amide bonds. The van der Waals surface area contributed by atoms with Crippen LogP contribution >= 0.6 is 0 Å². The van der Waals surface area contributed by atoms with E-state index in [1.807, 2.05) is 6.20 Å². The molecule has 1 aromatic heterocycles. The Bertz CT molecular complexity index is 777. The highest BCUT2D eigenvalue weighted by molar-refractivity contribution is 5.94. The summed E-state index contributed by atoms with van der Waals surface area (Å²) in [7, 11) is 0. The molecule has 2 aromatic carbocycles. The van der Waals surface area contributed by atoms with Gasteiger partial charge in [0, 0.05) is 11.6 Å². The Hall–Kier alpha value is -2.15. The Morgan fingerprint density at radius 2 is 1.57 bits per heavy atom. The molecule has 0 N–H and O–H groups in total. The molecule has 21 heavy (non-hydrogen) atoms. The fourth-order valence-electron chi connectivity index (χ4n) is 2.66. The molecule has 0 unspecified atom stereocenters. The summed E-state index contributed by atoms with van der Waals surface area (Å²) in [6.07, 6.45) is 1.89. The molecule has 1 nitrogen and oxygen atoms in total. The van der Waals surface area contributed by atoms with Crippen LogP contribution < -0.4 is 0 Å². The minimum Gasteiger partial charge on any atom is -0.256 e. The highest BCUT2D eigenvalue weighted by Crippen LogP contribution is 2.30. The summed E-state index contributed by atoms with van der Waals surface area (Å²) in [5.74, 6) is 0. The lowest BCUT2D eigenvalue weighted by Crippen LogP contribution is -2.10. The van der Waals surface area contributed by atoms with Crippen molar-refractivity contribution in [1.29, 1.82) is 0 Å². The van der Waals surface area contributed by atoms with Gasteiger partial charge in [0.15, 0.2) is 0 Å². The van der Waals surface area contributed by atoms with Crippen LogP contribution in [0.1, 0.15) is 31.9 Å². The van der Waals surface area contributed by atoms with Gasteiger partial charge in [0.2, 0.25) is 0 Å². The van der Waals surface area contributed by atoms with Gasteiger partial charge in [0.1, 0.15) is 0 Å². The molecule has 3 aromatic rings. The number of pyridine rings is 1. The second kappa shape index (κ2) is 5.00. The zero-order valence-electron chi connectivity index (χ0n) is 13.1. The van der Waals surface area contributed by atoms with E-state index in [1.54, 1.807) is 0 Å². The third kappa shape index (κ3) is 2.69. The second-order valence-corrected chi connectivity index (χ2v) is 6.71. The van der Waals surface area contributed by atoms with E-state index in [4.69, 9.17) is 0 Å². The Morgan fingerprint density at radius 1 is 0.857 bits per heavy atom. The molecule has 1 heterocycles. The molecular formula is C20H21N. The van der Waals surface area contributed by atoms with E-state index in [0.717, 1.165) is 5.52 Å². The maximum atomic E-state index is 4.47. The number of hydrogen-bond acceptors (Lipinski definition) is 1. The summed E-state index contributed by atoms with van der Waals surface area (Å²) in [5.41, 5.74) is 6.38. The van der Waals surface area contributed by atoms with Crippen molar-refractivity contribution in [2.45, 2.75) is 33.1 Å². The SMILES string of the molecule is Cc1ccc2nccc(-c3ccc(C(C)(C)C)cc3)c2c1. The van der Waals surface area contributed by atoms with Gasteiger partial charge in [-0.2, -0.15) is 0 Å². The molecule has 0 saturated heterocycles. The lowest BCUT2D eigenvalue weighted by molar-refractivity contribution is 0.590. The smallest absolute Gasteiger partial charge is 0.0708 e. The molecule has 0 spiro atoms. The molecule has 0 aliphatic carbocycles. The number of fused-ring (bicyclic) bond motifs is 1. The van der Waals surface area contributed by atoms with Crippen molar-refractivity contribution in [3.63, 3.8) is 0 Å². The first-order chi connectivity index (χ1) is 9.95. The minimum absolute atomic E-state index is 0.190. The number of rotatable bonds is 1. The van der Waals surface area contributed by atoms with E-state index in [0.29, 0.717) is 0 Å². The van der Waals surface area contributed by atoms with E-state index in [1.165, 1.54) is 27.6 Å². The lowest BCUT2D eigenvalue weighted by atomic mass is 9.86. The minimum atomic E-state index is 0.190. The first-order valence-electron chi connectivity index (χ1n) is 7.41. The topological polar surface area (TPSA) is 12.9 Å². The molecule has 0 fully saturated rings. The van der Waals surface area contributed by atoms with Crippen molar-refractivity contribution < 1.29 is 0 Å². The highest BCUT2D eigenvalue weighted by Gasteiger charge is 2.13.